The van der Waals surface area contributed by atoms with E-state index in [1.807, 2.05) is 0 Å². The Morgan fingerprint density at radius 1 is 0.700 bits per heavy atom. The van der Waals surface area contributed by atoms with Crippen LogP contribution in [0.15, 0.2) is 0 Å². The van der Waals surface area contributed by atoms with Gasteiger partial charge in [0, 0.05) is 0 Å². The maximum Gasteiger partial charge on any atom is 3.00 e. The fraction of sp³-hybridized carbons (Fsp3) is 0. The monoisotopic (exact) mass is 330 g/mol. The maximum absolute atomic E-state index is 8.35. The molecule has 0 aromatic heterocycles. The second kappa shape index (κ2) is 46.5. The third-order valence-corrected chi connectivity index (χ3v) is 0. The normalized spacial score (nSPS) is 6.30. The Kier molecular flexibility index (Phi) is 105. The molecule has 0 radical (unpaired) electrons. The summed E-state index contributed by atoms with van der Waals surface area (Å²) in [6.07, 6.45) is 0. The van der Waals surface area contributed by atoms with E-state index in [1.54, 1.807) is 0 Å². The third-order valence-electron chi connectivity index (χ3n) is 0. The molecule has 0 amide bonds. The van der Waals surface area contributed by atoms with Gasteiger partial charge >= 0.3 is 41.3 Å². The van der Waals surface area contributed by atoms with E-state index in [4.69, 9.17) is 28.4 Å². The van der Waals surface area contributed by atoms with Crippen molar-refractivity contribution in [3.8, 4) is 0 Å². The van der Waals surface area contributed by atoms with E-state index < -0.39 is 26.1 Å². The van der Waals surface area contributed by atoms with Crippen molar-refractivity contribution in [2.45, 2.75) is 0 Å². The minimum Gasteiger partial charge on any atom is -0.772 e. The van der Waals surface area contributed by atoms with Gasteiger partial charge in [-0.2, -0.15) is 0 Å². The van der Waals surface area contributed by atoms with Gasteiger partial charge in [-0.1, -0.05) is 0 Å². The Morgan fingerprint density at radius 3 is 0.700 bits per heavy atom. The Labute approximate surface area is 94.8 Å². The van der Waals surface area contributed by atoms with E-state index in [0.717, 1.165) is 0 Å². The van der Waals surface area contributed by atoms with Gasteiger partial charge in [0.2, 0.25) is 0 Å². The van der Waals surface area contributed by atoms with E-state index >= 15 is 0 Å². The van der Waals surface area contributed by atoms with Crippen molar-refractivity contribution < 1.29 is 69.7 Å². The predicted octanol–water partition coefficient (Wildman–Crippen LogP) is -1.34. The first-order valence-electron chi connectivity index (χ1n) is 1.10. The summed E-state index contributed by atoms with van der Waals surface area (Å²) >= 11 is 0. The zero-order valence-corrected chi connectivity index (χ0v) is 10.8. The van der Waals surface area contributed by atoms with E-state index in [-0.39, 0.29) is 41.3 Å². The Balaban J connectivity index is -0.0000000257. The average Bonchev–Trinajstić information content (AvgIpc) is 1.70. The van der Waals surface area contributed by atoms with Gasteiger partial charge in [-0.15, -0.1) is 0 Å². The van der Waals surface area contributed by atoms with Gasteiger partial charge in [-0.3, -0.25) is 13.7 Å². The first kappa shape index (κ1) is 22.6. The molecule has 0 aromatic carbocycles. The summed E-state index contributed by atoms with van der Waals surface area (Å²) in [7, 11) is -3.25. The largest absolute Gasteiger partial charge is 3.00 e. The summed E-state index contributed by atoms with van der Waals surface area (Å²) in [6, 6.07) is 0. The number of rotatable bonds is 0. The van der Waals surface area contributed by atoms with Crippen LogP contribution >= 0.6 is 26.1 Å². The van der Waals surface area contributed by atoms with Crippen molar-refractivity contribution in [1.29, 1.82) is 0 Å². The maximum atomic E-state index is 8.35. The Bertz CT molecular complexity index is 49.7. The van der Waals surface area contributed by atoms with Crippen LogP contribution in [0, 0.1) is 41.3 Å². The van der Waals surface area contributed by atoms with Gasteiger partial charge in [-0.05, 0) is 0 Å². The first-order chi connectivity index (χ1) is 4.24. The van der Waals surface area contributed by atoms with Crippen LogP contribution in [0.2, 0.25) is 0 Å². The van der Waals surface area contributed by atoms with Crippen LogP contribution in [0.25, 0.3) is 0 Å². The van der Waals surface area contributed by atoms with Crippen molar-refractivity contribution in [1.82, 2.24) is 0 Å². The molecule has 0 aliphatic heterocycles. The molecule has 54 valence electrons. The SMILES string of the molecule is O=P[O-].O=P[O-].O=P[O-].[Pr+3]. The van der Waals surface area contributed by atoms with Gasteiger partial charge in [-0.25, -0.2) is 0 Å². The van der Waals surface area contributed by atoms with Crippen LogP contribution in [0.5, 0.6) is 0 Å². The summed E-state index contributed by atoms with van der Waals surface area (Å²) in [5.41, 5.74) is 0. The zero-order chi connectivity index (χ0) is 8.12. The summed E-state index contributed by atoms with van der Waals surface area (Å²) in [5.74, 6) is 0. The van der Waals surface area contributed by atoms with Crippen LogP contribution in [-0.4, -0.2) is 0 Å². The molecule has 0 saturated carbocycles. The topological polar surface area (TPSA) is 120 Å². The molecule has 0 fully saturated rings. The Hall–Kier alpha value is 1.54. The molecule has 0 spiro atoms. The van der Waals surface area contributed by atoms with Gasteiger partial charge in [0.05, 0.1) is 26.1 Å². The first-order valence-corrected chi connectivity index (χ1v) is 3.29. The predicted molar refractivity (Wildman–Crippen MR) is 22.8 cm³/mol. The molecule has 0 unspecified atom stereocenters. The second-order valence-corrected chi connectivity index (χ2v) is 0.671. The molecular formula is O6P3Pr. The molecule has 6 nitrogen and oxygen atoms in total. The molecule has 0 atom stereocenters. The minimum absolute atomic E-state index is 0. The Morgan fingerprint density at radius 2 is 0.700 bits per heavy atom. The second-order valence-electron chi connectivity index (χ2n) is 0.224. The van der Waals surface area contributed by atoms with Gasteiger partial charge in [0.15, 0.2) is 0 Å². The molecule has 0 rings (SSSR count). The van der Waals surface area contributed by atoms with Crippen molar-refractivity contribution in [2.75, 3.05) is 0 Å². The van der Waals surface area contributed by atoms with E-state index in [0.29, 0.717) is 0 Å². The summed E-state index contributed by atoms with van der Waals surface area (Å²) in [6.45, 7) is 0. The third kappa shape index (κ3) is 292. The van der Waals surface area contributed by atoms with E-state index in [2.05, 4.69) is 0 Å². The van der Waals surface area contributed by atoms with E-state index in [9.17, 15) is 0 Å². The molecule has 0 N–H and O–H groups in total. The molecule has 0 aromatic rings. The van der Waals surface area contributed by atoms with Crippen molar-refractivity contribution in [2.24, 2.45) is 0 Å². The van der Waals surface area contributed by atoms with Crippen LogP contribution in [0.1, 0.15) is 0 Å². The van der Waals surface area contributed by atoms with Crippen molar-refractivity contribution in [3.63, 3.8) is 0 Å². The van der Waals surface area contributed by atoms with Crippen LogP contribution in [0.4, 0.5) is 0 Å². The van der Waals surface area contributed by atoms with Crippen LogP contribution in [0.3, 0.4) is 0 Å². The van der Waals surface area contributed by atoms with Crippen molar-refractivity contribution in [3.05, 3.63) is 0 Å². The van der Waals surface area contributed by atoms with E-state index in [1.165, 1.54) is 0 Å². The van der Waals surface area contributed by atoms with Crippen LogP contribution in [-0.2, 0) is 13.7 Å². The molecular weight excluding hydrogens is 330 g/mol. The fourth-order valence-corrected chi connectivity index (χ4v) is 0. The minimum atomic E-state index is -1.08. The quantitative estimate of drug-likeness (QED) is 0.507. The van der Waals surface area contributed by atoms with Gasteiger partial charge in [0.25, 0.3) is 0 Å². The van der Waals surface area contributed by atoms with Gasteiger partial charge < -0.3 is 14.7 Å². The fourth-order valence-electron chi connectivity index (χ4n) is 0. The molecule has 10 heteroatoms. The summed E-state index contributed by atoms with van der Waals surface area (Å²) in [4.78, 5) is 25.0. The standard InChI is InChI=1S/3HO2P.Pr/c3*1-3-2;/h3*(H,1,2);/q;;;+3/p-3. The van der Waals surface area contributed by atoms with Crippen LogP contribution < -0.4 is 14.7 Å². The van der Waals surface area contributed by atoms with Crippen molar-refractivity contribution >= 4 is 26.1 Å². The molecule has 0 saturated heterocycles. The zero-order valence-electron chi connectivity index (χ0n) is 4.37. The molecule has 10 heavy (non-hydrogen) atoms. The number of hydrogen-bond acceptors (Lipinski definition) is 6. The molecule has 0 heterocycles. The summed E-state index contributed by atoms with van der Waals surface area (Å²) < 4.78 is 25.0. The molecule has 0 aliphatic rings. The average molecular weight is 330 g/mol. The smallest absolute Gasteiger partial charge is 0.772 e. The number of hydrogen-bond donors (Lipinski definition) is 0. The molecule has 0 aliphatic carbocycles. The molecule has 0 bridgehead atoms. The summed E-state index contributed by atoms with van der Waals surface area (Å²) in [5, 5.41) is 0. The van der Waals surface area contributed by atoms with Gasteiger partial charge in [0.1, 0.15) is 0 Å².